The molecule has 2 heteroatoms. The Labute approximate surface area is 94.4 Å². The van der Waals surface area contributed by atoms with Gasteiger partial charge in [-0.05, 0) is 25.5 Å². The van der Waals surface area contributed by atoms with Gasteiger partial charge < -0.3 is 0 Å². The topological polar surface area (TPSA) is 17.1 Å². The highest BCUT2D eigenvalue weighted by molar-refractivity contribution is 7.89. The van der Waals surface area contributed by atoms with Gasteiger partial charge >= 0.3 is 0 Å². The van der Waals surface area contributed by atoms with Crippen molar-refractivity contribution in [2.75, 3.05) is 0 Å². The Morgan fingerprint density at radius 3 is 2.53 bits per heavy atom. The van der Waals surface area contributed by atoms with Crippen molar-refractivity contribution in [1.29, 1.82) is 0 Å². The number of benzene rings is 1. The molecule has 15 heavy (non-hydrogen) atoms. The molecule has 0 saturated carbocycles. The van der Waals surface area contributed by atoms with Crippen molar-refractivity contribution < 1.29 is 4.21 Å². The molecule has 0 saturated heterocycles. The highest BCUT2D eigenvalue weighted by Gasteiger charge is 1.97. The highest BCUT2D eigenvalue weighted by Crippen LogP contribution is 2.07. The monoisotopic (exact) mass is 220 g/mol. The quantitative estimate of drug-likeness (QED) is 0.564. The van der Waals surface area contributed by atoms with E-state index in [4.69, 9.17) is 0 Å². The second-order valence-corrected chi connectivity index (χ2v) is 4.68. The number of aryl methyl sites for hydroxylation is 1. The average molecular weight is 220 g/mol. The van der Waals surface area contributed by atoms with Gasteiger partial charge in [0.05, 0.1) is 4.90 Å². The fourth-order valence-electron chi connectivity index (χ4n) is 1.10. The van der Waals surface area contributed by atoms with Gasteiger partial charge in [0.15, 0.2) is 0 Å². The summed E-state index contributed by atoms with van der Waals surface area (Å²) in [6.07, 6.45) is 3.05. The molecule has 0 aromatic heterocycles. The third-order valence-electron chi connectivity index (χ3n) is 2.06. The average Bonchev–Trinajstić information content (AvgIpc) is 2.25. The highest BCUT2D eigenvalue weighted by atomic mass is 32.2. The van der Waals surface area contributed by atoms with E-state index in [-0.39, 0.29) is 0 Å². The zero-order chi connectivity index (χ0) is 11.1. The molecule has 1 nitrogen and oxygen atoms in total. The van der Waals surface area contributed by atoms with Crippen molar-refractivity contribution in [2.45, 2.75) is 38.0 Å². The normalized spacial score (nSPS) is 11.6. The molecular weight excluding hydrogens is 204 g/mol. The fraction of sp³-hybridized carbons (Fsp3) is 0.385. The summed E-state index contributed by atoms with van der Waals surface area (Å²) < 4.78 is 11.7. The lowest BCUT2D eigenvalue weighted by Gasteiger charge is -1.95. The van der Waals surface area contributed by atoms with E-state index in [0.29, 0.717) is 0 Å². The van der Waals surface area contributed by atoms with E-state index in [1.807, 2.05) is 31.2 Å². The van der Waals surface area contributed by atoms with Crippen LogP contribution in [0.3, 0.4) is 0 Å². The van der Waals surface area contributed by atoms with E-state index in [0.717, 1.165) is 24.2 Å². The first-order valence-electron chi connectivity index (χ1n) is 5.21. The summed E-state index contributed by atoms with van der Waals surface area (Å²) >= 11 is 0. The summed E-state index contributed by atoms with van der Waals surface area (Å²) in [4.78, 5) is 0.796. The molecule has 0 aliphatic heterocycles. The molecule has 1 rings (SSSR count). The Balaban J connectivity index is 2.60. The van der Waals surface area contributed by atoms with Crippen molar-refractivity contribution in [3.8, 4) is 11.2 Å². The third-order valence-corrected chi connectivity index (χ3v) is 3.09. The Kier molecular flexibility index (Phi) is 5.14. The van der Waals surface area contributed by atoms with Crippen LogP contribution in [0.25, 0.3) is 0 Å². The Morgan fingerprint density at radius 2 is 1.93 bits per heavy atom. The summed E-state index contributed by atoms with van der Waals surface area (Å²) in [6, 6.07) is 7.67. The Hall–Kier alpha value is -1.07. The minimum atomic E-state index is -1.16. The van der Waals surface area contributed by atoms with Gasteiger partial charge in [-0.3, -0.25) is 0 Å². The van der Waals surface area contributed by atoms with Crippen LogP contribution in [0.2, 0.25) is 0 Å². The van der Waals surface area contributed by atoms with Crippen LogP contribution in [0.5, 0.6) is 0 Å². The summed E-state index contributed by atoms with van der Waals surface area (Å²) in [7, 11) is -1.16. The van der Waals surface area contributed by atoms with Crippen LogP contribution in [-0.4, -0.2) is 4.21 Å². The van der Waals surface area contributed by atoms with E-state index in [1.54, 1.807) is 0 Å². The zero-order valence-electron chi connectivity index (χ0n) is 9.25. The third kappa shape index (κ3) is 4.31. The minimum Gasteiger partial charge on any atom is -0.240 e. The van der Waals surface area contributed by atoms with Gasteiger partial charge in [0.25, 0.3) is 0 Å². The first-order chi connectivity index (χ1) is 7.24. The van der Waals surface area contributed by atoms with Crippen LogP contribution in [-0.2, 0) is 10.8 Å². The van der Waals surface area contributed by atoms with Crippen molar-refractivity contribution >= 4 is 10.8 Å². The van der Waals surface area contributed by atoms with Crippen LogP contribution < -0.4 is 0 Å². The predicted molar refractivity (Wildman–Crippen MR) is 64.9 cm³/mol. The predicted octanol–water partition coefficient (Wildman–Crippen LogP) is 3.25. The van der Waals surface area contributed by atoms with E-state index in [2.05, 4.69) is 18.1 Å². The van der Waals surface area contributed by atoms with Crippen LogP contribution in [0.4, 0.5) is 0 Å². The minimum absolute atomic E-state index is 0.796. The van der Waals surface area contributed by atoms with Gasteiger partial charge in [-0.15, -0.1) is 0 Å². The molecule has 0 radical (unpaired) electrons. The van der Waals surface area contributed by atoms with Crippen LogP contribution in [0.1, 0.15) is 31.7 Å². The van der Waals surface area contributed by atoms with Crippen molar-refractivity contribution in [3.63, 3.8) is 0 Å². The number of hydrogen-bond acceptors (Lipinski definition) is 1. The summed E-state index contributed by atoms with van der Waals surface area (Å²) in [5, 5.41) is 2.78. The largest absolute Gasteiger partial charge is 0.240 e. The Bertz CT molecular complexity index is 381. The van der Waals surface area contributed by atoms with E-state index >= 15 is 0 Å². The second-order valence-electron chi connectivity index (χ2n) is 3.46. The molecule has 0 N–H and O–H groups in total. The summed E-state index contributed by atoms with van der Waals surface area (Å²) in [5.41, 5.74) is 1.18. The maximum absolute atomic E-state index is 11.7. The van der Waals surface area contributed by atoms with Crippen LogP contribution in [0, 0.1) is 18.1 Å². The molecule has 1 atom stereocenters. The number of hydrogen-bond donors (Lipinski definition) is 0. The van der Waals surface area contributed by atoms with Crippen molar-refractivity contribution in [1.82, 2.24) is 0 Å². The fourth-order valence-corrected chi connectivity index (χ4v) is 1.84. The smallest absolute Gasteiger partial charge is 0.130 e. The second kappa shape index (κ2) is 6.42. The molecule has 0 fully saturated rings. The standard InChI is InChI=1S/C13H16OS/c1-3-4-5-6-11-15(14)13-9-7-12(2)8-10-13/h7-10H,3-5H2,1-2H3/t15-/m1/s1. The molecule has 0 bridgehead atoms. The van der Waals surface area contributed by atoms with Gasteiger partial charge in [0.1, 0.15) is 10.8 Å². The molecular formula is C13H16OS. The van der Waals surface area contributed by atoms with Gasteiger partial charge in [0, 0.05) is 11.7 Å². The van der Waals surface area contributed by atoms with Crippen LogP contribution in [0.15, 0.2) is 29.2 Å². The molecule has 0 heterocycles. The maximum Gasteiger partial charge on any atom is 0.130 e. The molecule has 0 unspecified atom stereocenters. The molecule has 0 spiro atoms. The van der Waals surface area contributed by atoms with Gasteiger partial charge in [-0.1, -0.05) is 37.0 Å². The van der Waals surface area contributed by atoms with Gasteiger partial charge in [-0.25, -0.2) is 4.21 Å². The van der Waals surface area contributed by atoms with E-state index < -0.39 is 10.8 Å². The van der Waals surface area contributed by atoms with Crippen LogP contribution >= 0.6 is 0 Å². The number of rotatable bonds is 3. The summed E-state index contributed by atoms with van der Waals surface area (Å²) in [5.74, 6) is 2.95. The lowest BCUT2D eigenvalue weighted by molar-refractivity contribution is 0.689. The van der Waals surface area contributed by atoms with Gasteiger partial charge in [0.2, 0.25) is 0 Å². The molecule has 1 aromatic carbocycles. The SMILES string of the molecule is CCCCC#C[S@@](=O)c1ccc(C)cc1. The number of unbranched alkanes of at least 4 members (excludes halogenated alkanes) is 2. The lowest BCUT2D eigenvalue weighted by atomic mass is 10.2. The maximum atomic E-state index is 11.7. The van der Waals surface area contributed by atoms with E-state index in [1.165, 1.54) is 5.56 Å². The molecule has 0 aliphatic carbocycles. The van der Waals surface area contributed by atoms with Gasteiger partial charge in [-0.2, -0.15) is 0 Å². The summed E-state index contributed by atoms with van der Waals surface area (Å²) in [6.45, 7) is 4.14. The first-order valence-corrected chi connectivity index (χ1v) is 6.36. The lowest BCUT2D eigenvalue weighted by Crippen LogP contribution is -1.86. The molecule has 80 valence electrons. The Morgan fingerprint density at radius 1 is 1.27 bits per heavy atom. The molecule has 0 amide bonds. The first kappa shape index (κ1) is 12.0. The van der Waals surface area contributed by atoms with E-state index in [9.17, 15) is 4.21 Å². The van der Waals surface area contributed by atoms with Crippen molar-refractivity contribution in [3.05, 3.63) is 29.8 Å². The molecule has 1 aromatic rings. The van der Waals surface area contributed by atoms with Crippen molar-refractivity contribution in [2.24, 2.45) is 0 Å². The molecule has 0 aliphatic rings. The zero-order valence-corrected chi connectivity index (χ0v) is 10.1.